The van der Waals surface area contributed by atoms with Gasteiger partial charge in [0.2, 0.25) is 11.8 Å². The maximum atomic E-state index is 6.07. The van der Waals surface area contributed by atoms with Gasteiger partial charge in [-0.3, -0.25) is 4.90 Å². The highest BCUT2D eigenvalue weighted by molar-refractivity contribution is 5.52. The molecule has 1 saturated heterocycles. The Bertz CT molecular complexity index is 928. The Kier molecular flexibility index (Phi) is 8.56. The number of hydrogen-bond donors (Lipinski definition) is 0. The van der Waals surface area contributed by atoms with Gasteiger partial charge in [-0.1, -0.05) is 43.2 Å². The lowest BCUT2D eigenvalue weighted by Gasteiger charge is -2.41. The van der Waals surface area contributed by atoms with E-state index in [1.54, 1.807) is 7.11 Å². The van der Waals surface area contributed by atoms with Crippen molar-refractivity contribution >= 4 is 0 Å². The normalized spacial score (nSPS) is 24.5. The van der Waals surface area contributed by atoms with Gasteiger partial charge in [0.05, 0.1) is 6.61 Å². The lowest BCUT2D eigenvalue weighted by Crippen LogP contribution is -2.49. The molecule has 186 valence electrons. The van der Waals surface area contributed by atoms with Gasteiger partial charge in [-0.15, -0.1) is 10.2 Å². The van der Waals surface area contributed by atoms with Crippen molar-refractivity contribution in [3.05, 3.63) is 47.4 Å². The Morgan fingerprint density at radius 1 is 1.03 bits per heavy atom. The van der Waals surface area contributed by atoms with Crippen molar-refractivity contribution in [2.24, 2.45) is 23.7 Å². The summed E-state index contributed by atoms with van der Waals surface area (Å²) in [5.74, 6) is 3.80. The first-order valence-electron chi connectivity index (χ1n) is 12.9. The van der Waals surface area contributed by atoms with E-state index in [0.717, 1.165) is 57.2 Å². The first-order chi connectivity index (χ1) is 16.4. The topological polar surface area (TPSA) is 54.6 Å². The van der Waals surface area contributed by atoms with E-state index in [1.807, 2.05) is 0 Å². The summed E-state index contributed by atoms with van der Waals surface area (Å²) in [5, 5.41) is 8.71. The summed E-state index contributed by atoms with van der Waals surface area (Å²) in [6.07, 6.45) is 4.59. The highest BCUT2D eigenvalue weighted by Gasteiger charge is 2.34. The molecule has 1 fully saturated rings. The third-order valence-corrected chi connectivity index (χ3v) is 7.82. The summed E-state index contributed by atoms with van der Waals surface area (Å²) in [6, 6.07) is 8.27. The molecule has 0 amide bonds. The predicted octanol–water partition coefficient (Wildman–Crippen LogP) is 4.71. The third kappa shape index (κ3) is 6.35. The molecule has 1 aromatic heterocycles. The lowest BCUT2D eigenvalue weighted by atomic mass is 9.69. The zero-order chi connectivity index (χ0) is 24.1. The number of piperazine rings is 1. The van der Waals surface area contributed by atoms with Crippen molar-refractivity contribution in [2.75, 3.05) is 53.0 Å². The zero-order valence-corrected chi connectivity index (χ0v) is 21.7. The summed E-state index contributed by atoms with van der Waals surface area (Å²) in [7, 11) is 1.79. The molecule has 0 spiro atoms. The number of rotatable bonds is 9. The monoisotopic (exact) mass is 466 g/mol. The van der Waals surface area contributed by atoms with Crippen LogP contribution in [0.4, 0.5) is 0 Å². The smallest absolute Gasteiger partial charge is 0.247 e. The molecule has 4 rings (SSSR count). The standard InChI is InChI=1S/C28H42N4O2/c1-20(2)26-17-24(18-27-29-30-28(34-27)23-8-6-21(3)7-9-23)22(4)16-25(26)19-32-12-10-31(11-13-32)14-15-33-5/h6-9,16,20,24-26H,10-15,17-19H2,1-5H3/t24-,25-,26-/m0/s1. The molecule has 1 aromatic carbocycles. The van der Waals surface area contributed by atoms with Crippen molar-refractivity contribution in [2.45, 2.75) is 40.5 Å². The molecule has 0 bridgehead atoms. The minimum absolute atomic E-state index is 0.473. The van der Waals surface area contributed by atoms with Gasteiger partial charge in [0.15, 0.2) is 0 Å². The zero-order valence-electron chi connectivity index (χ0n) is 21.7. The van der Waals surface area contributed by atoms with Crippen LogP contribution >= 0.6 is 0 Å². The number of benzene rings is 1. The average Bonchev–Trinajstić information content (AvgIpc) is 3.29. The van der Waals surface area contributed by atoms with Crippen LogP contribution in [0.15, 0.2) is 40.3 Å². The molecule has 0 saturated carbocycles. The SMILES string of the molecule is COCCN1CCN(C[C@@H]2C=C(C)[C@H](Cc3nnc(-c4ccc(C)cc4)o3)C[C@H]2C(C)C)CC1. The number of allylic oxidation sites excluding steroid dienone is 1. The van der Waals surface area contributed by atoms with Crippen molar-refractivity contribution in [1.29, 1.82) is 0 Å². The van der Waals surface area contributed by atoms with Crippen molar-refractivity contribution in [3.8, 4) is 11.5 Å². The fourth-order valence-electron chi connectivity index (χ4n) is 5.56. The van der Waals surface area contributed by atoms with Gasteiger partial charge < -0.3 is 14.1 Å². The van der Waals surface area contributed by atoms with E-state index in [2.05, 4.69) is 78.0 Å². The highest BCUT2D eigenvalue weighted by atomic mass is 16.5. The highest BCUT2D eigenvalue weighted by Crippen LogP contribution is 2.39. The molecule has 6 heteroatoms. The van der Waals surface area contributed by atoms with Crippen molar-refractivity contribution in [3.63, 3.8) is 0 Å². The van der Waals surface area contributed by atoms with Gasteiger partial charge >= 0.3 is 0 Å². The number of aryl methyl sites for hydroxylation is 1. The fourth-order valence-corrected chi connectivity index (χ4v) is 5.56. The first kappa shape index (κ1) is 25.1. The Morgan fingerprint density at radius 3 is 2.41 bits per heavy atom. The molecule has 2 heterocycles. The van der Waals surface area contributed by atoms with Crippen LogP contribution < -0.4 is 0 Å². The van der Waals surface area contributed by atoms with E-state index >= 15 is 0 Å². The average molecular weight is 467 g/mol. The van der Waals surface area contributed by atoms with Gasteiger partial charge in [-0.2, -0.15) is 0 Å². The molecular weight excluding hydrogens is 424 g/mol. The fraction of sp³-hybridized carbons (Fsp3) is 0.643. The summed E-state index contributed by atoms with van der Waals surface area (Å²) in [6.45, 7) is 16.8. The van der Waals surface area contributed by atoms with E-state index < -0.39 is 0 Å². The van der Waals surface area contributed by atoms with E-state index in [1.165, 1.54) is 24.1 Å². The maximum absolute atomic E-state index is 6.07. The van der Waals surface area contributed by atoms with Gasteiger partial charge in [0, 0.05) is 58.4 Å². The molecule has 0 radical (unpaired) electrons. The van der Waals surface area contributed by atoms with Crippen LogP contribution in [-0.4, -0.2) is 73.0 Å². The molecular formula is C28H42N4O2. The van der Waals surface area contributed by atoms with E-state index in [-0.39, 0.29) is 0 Å². The summed E-state index contributed by atoms with van der Waals surface area (Å²) in [4.78, 5) is 5.19. The van der Waals surface area contributed by atoms with Gasteiger partial charge in [0.25, 0.3) is 0 Å². The molecule has 34 heavy (non-hydrogen) atoms. The van der Waals surface area contributed by atoms with Gasteiger partial charge in [-0.05, 0) is 56.1 Å². The Balaban J connectivity index is 1.38. The van der Waals surface area contributed by atoms with Gasteiger partial charge in [0.1, 0.15) is 0 Å². The largest absolute Gasteiger partial charge is 0.421 e. The second-order valence-electron chi connectivity index (χ2n) is 10.6. The van der Waals surface area contributed by atoms with E-state index in [0.29, 0.717) is 29.6 Å². The number of ether oxygens (including phenoxy) is 1. The number of methoxy groups -OCH3 is 1. The molecule has 2 aliphatic rings. The predicted molar refractivity (Wildman–Crippen MR) is 137 cm³/mol. The van der Waals surface area contributed by atoms with Crippen LogP contribution in [0.2, 0.25) is 0 Å². The Labute approximate surface area is 205 Å². The summed E-state index contributed by atoms with van der Waals surface area (Å²) < 4.78 is 11.3. The second-order valence-corrected chi connectivity index (χ2v) is 10.6. The minimum atomic E-state index is 0.473. The first-order valence-corrected chi connectivity index (χ1v) is 12.9. The number of aromatic nitrogens is 2. The van der Waals surface area contributed by atoms with Crippen LogP contribution in [0.25, 0.3) is 11.5 Å². The molecule has 1 aliphatic heterocycles. The van der Waals surface area contributed by atoms with Crippen LogP contribution in [0.3, 0.4) is 0 Å². The quantitative estimate of drug-likeness (QED) is 0.499. The van der Waals surface area contributed by atoms with Crippen molar-refractivity contribution in [1.82, 2.24) is 20.0 Å². The number of nitrogens with zero attached hydrogens (tertiary/aromatic N) is 4. The number of hydrogen-bond acceptors (Lipinski definition) is 6. The van der Waals surface area contributed by atoms with E-state index in [4.69, 9.17) is 9.15 Å². The van der Waals surface area contributed by atoms with Gasteiger partial charge in [-0.25, -0.2) is 0 Å². The molecule has 0 N–H and O–H groups in total. The molecule has 0 unspecified atom stereocenters. The third-order valence-electron chi connectivity index (χ3n) is 7.82. The molecule has 6 nitrogen and oxygen atoms in total. The van der Waals surface area contributed by atoms with Crippen LogP contribution in [0, 0.1) is 30.6 Å². The van der Waals surface area contributed by atoms with Crippen LogP contribution in [0.5, 0.6) is 0 Å². The summed E-state index contributed by atoms with van der Waals surface area (Å²) >= 11 is 0. The summed E-state index contributed by atoms with van der Waals surface area (Å²) in [5.41, 5.74) is 3.70. The van der Waals surface area contributed by atoms with Crippen LogP contribution in [-0.2, 0) is 11.2 Å². The second kappa shape index (κ2) is 11.6. The molecule has 2 aromatic rings. The van der Waals surface area contributed by atoms with Crippen molar-refractivity contribution < 1.29 is 9.15 Å². The van der Waals surface area contributed by atoms with Crippen LogP contribution in [0.1, 0.15) is 38.6 Å². The minimum Gasteiger partial charge on any atom is -0.421 e. The maximum Gasteiger partial charge on any atom is 0.247 e. The lowest BCUT2D eigenvalue weighted by molar-refractivity contribution is 0.0798. The molecule has 1 aliphatic carbocycles. The molecule has 3 atom stereocenters. The Hall–Kier alpha value is -2.02. The Morgan fingerprint density at radius 2 is 1.74 bits per heavy atom. The van der Waals surface area contributed by atoms with E-state index in [9.17, 15) is 0 Å².